The molecule has 0 fully saturated rings. The average Bonchev–Trinajstić information content (AvgIpc) is 2.55. The van der Waals surface area contributed by atoms with Gasteiger partial charge in [-0.25, -0.2) is 0 Å². The van der Waals surface area contributed by atoms with Crippen molar-refractivity contribution in [3.63, 3.8) is 0 Å². The van der Waals surface area contributed by atoms with Crippen molar-refractivity contribution in [3.05, 3.63) is 64.2 Å². The number of hydrogen-bond donors (Lipinski definition) is 2. The molecule has 0 spiro atoms. The summed E-state index contributed by atoms with van der Waals surface area (Å²) in [6.45, 7) is 1.55. The van der Waals surface area contributed by atoms with Crippen molar-refractivity contribution in [1.82, 2.24) is 0 Å². The molecule has 2 amide bonds. The first-order valence-corrected chi connectivity index (χ1v) is 6.98. The third-order valence-corrected chi connectivity index (χ3v) is 3.17. The van der Waals surface area contributed by atoms with Crippen LogP contribution in [0.25, 0.3) is 0 Å². The number of ether oxygens (including phenoxy) is 1. The van der Waals surface area contributed by atoms with Crippen LogP contribution in [-0.4, -0.2) is 22.8 Å². The Balaban J connectivity index is 1.96. The van der Waals surface area contributed by atoms with Crippen LogP contribution in [0, 0.1) is 10.1 Å². The number of carbonyl (C=O) groups excluding carboxylic acids is 2. The summed E-state index contributed by atoms with van der Waals surface area (Å²) >= 11 is 0. The van der Waals surface area contributed by atoms with Gasteiger partial charge in [-0.1, -0.05) is 0 Å². The van der Waals surface area contributed by atoms with E-state index in [0.717, 1.165) is 0 Å². The van der Waals surface area contributed by atoms with E-state index in [-0.39, 0.29) is 5.69 Å². The molecular weight excluding hydrogens is 314 g/mol. The van der Waals surface area contributed by atoms with Crippen LogP contribution in [0.5, 0.6) is 5.75 Å². The van der Waals surface area contributed by atoms with Crippen molar-refractivity contribution in [3.8, 4) is 5.75 Å². The first kappa shape index (κ1) is 16.9. The predicted octanol–water partition coefficient (Wildman–Crippen LogP) is 2.10. The fourth-order valence-corrected chi connectivity index (χ4v) is 1.87. The van der Waals surface area contributed by atoms with Crippen molar-refractivity contribution in [2.45, 2.75) is 13.0 Å². The maximum Gasteiger partial charge on any atom is 0.269 e. The highest BCUT2D eigenvalue weighted by Gasteiger charge is 2.15. The Kier molecular flexibility index (Phi) is 5.10. The molecule has 2 aromatic rings. The zero-order valence-electron chi connectivity index (χ0n) is 12.8. The minimum atomic E-state index is -0.817. The van der Waals surface area contributed by atoms with Crippen LogP contribution < -0.4 is 15.8 Å². The molecule has 1 atom stereocenters. The summed E-state index contributed by atoms with van der Waals surface area (Å²) in [4.78, 5) is 33.1. The quantitative estimate of drug-likeness (QED) is 0.620. The molecule has 0 aromatic heterocycles. The Morgan fingerprint density at radius 2 is 1.71 bits per heavy atom. The Hall–Kier alpha value is -3.42. The largest absolute Gasteiger partial charge is 0.481 e. The fourth-order valence-electron chi connectivity index (χ4n) is 1.87. The molecule has 0 aliphatic heterocycles. The van der Waals surface area contributed by atoms with E-state index in [1.165, 1.54) is 36.4 Å². The lowest BCUT2D eigenvalue weighted by molar-refractivity contribution is -0.384. The summed E-state index contributed by atoms with van der Waals surface area (Å²) in [5.41, 5.74) is 5.91. The molecule has 0 unspecified atom stereocenters. The average molecular weight is 329 g/mol. The Bertz CT molecular complexity index is 756. The number of nitrogens with one attached hydrogen (secondary N) is 1. The normalized spacial score (nSPS) is 11.4. The first-order valence-electron chi connectivity index (χ1n) is 6.98. The van der Waals surface area contributed by atoms with Gasteiger partial charge in [0.25, 0.3) is 11.6 Å². The summed E-state index contributed by atoms with van der Waals surface area (Å²) in [7, 11) is 0. The van der Waals surface area contributed by atoms with E-state index < -0.39 is 22.8 Å². The van der Waals surface area contributed by atoms with E-state index in [0.29, 0.717) is 17.0 Å². The molecule has 2 rings (SSSR count). The van der Waals surface area contributed by atoms with E-state index in [2.05, 4.69) is 5.32 Å². The number of non-ortho nitro benzene ring substituents is 1. The van der Waals surface area contributed by atoms with Crippen LogP contribution in [0.1, 0.15) is 17.3 Å². The molecule has 124 valence electrons. The van der Waals surface area contributed by atoms with Crippen LogP contribution in [0.4, 0.5) is 11.4 Å². The monoisotopic (exact) mass is 329 g/mol. The van der Waals surface area contributed by atoms with E-state index in [4.69, 9.17) is 10.5 Å². The molecule has 8 heteroatoms. The zero-order valence-corrected chi connectivity index (χ0v) is 12.8. The predicted molar refractivity (Wildman–Crippen MR) is 86.8 cm³/mol. The second kappa shape index (κ2) is 7.23. The number of nitrogens with two attached hydrogens (primary N) is 1. The molecule has 0 radical (unpaired) electrons. The lowest BCUT2D eigenvalue weighted by atomic mass is 10.2. The number of nitrogens with zero attached hydrogens (tertiary/aromatic N) is 1. The Morgan fingerprint density at radius 1 is 1.12 bits per heavy atom. The van der Waals surface area contributed by atoms with Crippen molar-refractivity contribution >= 4 is 23.2 Å². The summed E-state index contributed by atoms with van der Waals surface area (Å²) in [5.74, 6) is -0.616. The summed E-state index contributed by atoms with van der Waals surface area (Å²) in [6.07, 6.45) is -0.817. The van der Waals surface area contributed by atoms with Gasteiger partial charge in [0, 0.05) is 23.4 Å². The smallest absolute Gasteiger partial charge is 0.269 e. The third-order valence-electron chi connectivity index (χ3n) is 3.17. The van der Waals surface area contributed by atoms with Crippen molar-refractivity contribution < 1.29 is 19.2 Å². The highest BCUT2D eigenvalue weighted by molar-refractivity contribution is 5.96. The van der Waals surface area contributed by atoms with Gasteiger partial charge < -0.3 is 15.8 Å². The number of rotatable bonds is 6. The summed E-state index contributed by atoms with van der Waals surface area (Å²) < 4.78 is 5.44. The van der Waals surface area contributed by atoms with Gasteiger partial charge in [0.15, 0.2) is 6.10 Å². The van der Waals surface area contributed by atoms with Crippen LogP contribution >= 0.6 is 0 Å². The summed E-state index contributed by atoms with van der Waals surface area (Å²) in [5, 5.41) is 13.2. The number of benzene rings is 2. The maximum atomic E-state index is 12.1. The lowest BCUT2D eigenvalue weighted by Crippen LogP contribution is -2.30. The zero-order chi connectivity index (χ0) is 17.7. The second-order valence-electron chi connectivity index (χ2n) is 4.94. The molecule has 8 nitrogen and oxygen atoms in total. The topological polar surface area (TPSA) is 125 Å². The number of nitro groups is 1. The van der Waals surface area contributed by atoms with Gasteiger partial charge in [-0.3, -0.25) is 19.7 Å². The number of anilines is 1. The van der Waals surface area contributed by atoms with Gasteiger partial charge in [0.05, 0.1) is 4.92 Å². The van der Waals surface area contributed by atoms with Crippen LogP contribution in [0.15, 0.2) is 48.5 Å². The van der Waals surface area contributed by atoms with E-state index in [1.54, 1.807) is 19.1 Å². The maximum absolute atomic E-state index is 12.1. The number of primary amides is 1. The second-order valence-corrected chi connectivity index (χ2v) is 4.94. The van der Waals surface area contributed by atoms with Crippen molar-refractivity contribution in [2.24, 2.45) is 5.73 Å². The van der Waals surface area contributed by atoms with E-state index in [1.807, 2.05) is 0 Å². The van der Waals surface area contributed by atoms with Crippen LogP contribution in [-0.2, 0) is 4.79 Å². The van der Waals surface area contributed by atoms with Crippen molar-refractivity contribution in [2.75, 3.05) is 5.32 Å². The Labute approximate surface area is 137 Å². The molecule has 0 aliphatic rings. The summed E-state index contributed by atoms with van der Waals surface area (Å²) in [6, 6.07) is 11.5. The standard InChI is InChI=1S/C16H15N3O5/c1-10(24-14-8-6-13(7-9-14)19(22)23)16(21)18-12-4-2-11(3-5-12)15(17)20/h2-10H,1H3,(H2,17,20)(H,18,21)/t10-/m0/s1. The van der Waals surface area contributed by atoms with Gasteiger partial charge in [0.1, 0.15) is 5.75 Å². The first-order chi connectivity index (χ1) is 11.4. The van der Waals surface area contributed by atoms with Gasteiger partial charge in [-0.05, 0) is 43.3 Å². The van der Waals surface area contributed by atoms with Gasteiger partial charge >= 0.3 is 0 Å². The molecule has 3 N–H and O–H groups in total. The molecule has 0 aliphatic carbocycles. The molecule has 24 heavy (non-hydrogen) atoms. The van der Waals surface area contributed by atoms with E-state index >= 15 is 0 Å². The highest BCUT2D eigenvalue weighted by Crippen LogP contribution is 2.19. The fraction of sp³-hybridized carbons (Fsp3) is 0.125. The van der Waals surface area contributed by atoms with Gasteiger partial charge in [0.2, 0.25) is 5.91 Å². The molecule has 0 heterocycles. The number of hydrogen-bond acceptors (Lipinski definition) is 5. The number of carbonyl (C=O) groups is 2. The van der Waals surface area contributed by atoms with Gasteiger partial charge in [-0.15, -0.1) is 0 Å². The molecule has 0 bridgehead atoms. The lowest BCUT2D eigenvalue weighted by Gasteiger charge is -2.14. The molecule has 2 aromatic carbocycles. The highest BCUT2D eigenvalue weighted by atomic mass is 16.6. The SMILES string of the molecule is C[C@H](Oc1ccc([N+](=O)[O-])cc1)C(=O)Nc1ccc(C(N)=O)cc1. The van der Waals surface area contributed by atoms with Gasteiger partial charge in [-0.2, -0.15) is 0 Å². The van der Waals surface area contributed by atoms with E-state index in [9.17, 15) is 19.7 Å². The molecular formula is C16H15N3O5. The minimum absolute atomic E-state index is 0.0611. The molecule has 0 saturated carbocycles. The molecule has 0 saturated heterocycles. The number of amides is 2. The third kappa shape index (κ3) is 4.29. The van der Waals surface area contributed by atoms with Crippen molar-refractivity contribution in [1.29, 1.82) is 0 Å². The number of nitro benzene ring substituents is 1. The Morgan fingerprint density at radius 3 is 2.21 bits per heavy atom. The minimum Gasteiger partial charge on any atom is -0.481 e. The van der Waals surface area contributed by atoms with Crippen LogP contribution in [0.2, 0.25) is 0 Å². The van der Waals surface area contributed by atoms with Crippen LogP contribution in [0.3, 0.4) is 0 Å².